The van der Waals surface area contributed by atoms with Crippen molar-refractivity contribution in [1.82, 2.24) is 5.43 Å². The maximum Gasteiger partial charge on any atom is 0.166 e. The molecule has 17 heavy (non-hydrogen) atoms. The van der Waals surface area contributed by atoms with Gasteiger partial charge in [0.1, 0.15) is 5.75 Å². The number of aliphatic hydroxyl groups is 2. The topological polar surface area (TPSA) is 111 Å². The quantitative estimate of drug-likeness (QED) is 0.170. The van der Waals surface area contributed by atoms with Crippen LogP contribution in [-0.2, 0) is 0 Å². The van der Waals surface area contributed by atoms with Gasteiger partial charge in [-0.15, -0.1) is 0 Å². The van der Waals surface area contributed by atoms with Gasteiger partial charge in [-0.05, 0) is 25.0 Å². The van der Waals surface area contributed by atoms with Crippen molar-refractivity contribution < 1.29 is 15.3 Å². The predicted molar refractivity (Wildman–Crippen MR) is 65.2 cm³/mol. The van der Waals surface area contributed by atoms with Crippen molar-refractivity contribution in [3.63, 3.8) is 0 Å². The predicted octanol–water partition coefficient (Wildman–Crippen LogP) is -0.273. The second-order valence-electron chi connectivity index (χ2n) is 3.79. The van der Waals surface area contributed by atoms with E-state index in [0.717, 1.165) is 0 Å². The monoisotopic (exact) mass is 241 g/mol. The van der Waals surface area contributed by atoms with Crippen LogP contribution in [-0.4, -0.2) is 34.2 Å². The van der Waals surface area contributed by atoms with Gasteiger partial charge in [-0.25, -0.2) is 5.43 Å². The molecule has 0 saturated heterocycles. The summed E-state index contributed by atoms with van der Waals surface area (Å²) in [6.07, 6.45) is -0.270. The molecule has 0 amide bonds. The number of phenolic OH excluding ortho intramolecular Hbond substituents is 1. The van der Waals surface area contributed by atoms with Crippen LogP contribution >= 0.6 is 0 Å². The highest BCUT2D eigenvalue weighted by molar-refractivity contribution is 5.54. The third kappa shape index (κ3) is 5.01. The van der Waals surface area contributed by atoms with Crippen LogP contribution in [0.3, 0.4) is 0 Å². The first-order valence-corrected chi connectivity index (χ1v) is 5.50. The number of nitrogens with one attached hydrogen (secondary N) is 2. The number of rotatable bonds is 7. The van der Waals surface area contributed by atoms with E-state index in [9.17, 15) is 5.11 Å². The van der Waals surface area contributed by atoms with Crippen molar-refractivity contribution in [1.29, 1.82) is 0 Å². The van der Waals surface area contributed by atoms with E-state index < -0.39 is 12.3 Å². The maximum absolute atomic E-state index is 9.44. The maximum atomic E-state index is 9.44. The molecule has 0 bridgehead atoms. The fourth-order valence-electron chi connectivity index (χ4n) is 1.31. The number of hydrazine groups is 1. The number of aromatic hydroxyl groups is 1. The molecule has 6 nitrogen and oxygen atoms in total. The van der Waals surface area contributed by atoms with Crippen LogP contribution in [0.15, 0.2) is 24.3 Å². The molecule has 7 N–H and O–H groups in total. The number of para-hydroxylation sites is 2. The number of benzene rings is 1. The summed E-state index contributed by atoms with van der Waals surface area (Å²) in [5, 5.41) is 26.9. The Kier molecular flexibility index (Phi) is 5.71. The van der Waals surface area contributed by atoms with Crippen LogP contribution in [0.2, 0.25) is 0 Å². The van der Waals surface area contributed by atoms with Crippen LogP contribution in [0.1, 0.15) is 12.8 Å². The molecular formula is C11H19N3O3. The first-order chi connectivity index (χ1) is 8.11. The molecule has 1 aromatic carbocycles. The molecule has 0 saturated carbocycles. The fraction of sp³-hybridized carbons (Fsp3) is 0.455. The Morgan fingerprint density at radius 2 is 1.94 bits per heavy atom. The number of aliphatic hydroxyl groups excluding tert-OH is 1. The summed E-state index contributed by atoms with van der Waals surface area (Å²) in [5.74, 6) is 0.169. The Bertz CT molecular complexity index is 333. The third-order valence-corrected chi connectivity index (χ3v) is 2.35. The van der Waals surface area contributed by atoms with Gasteiger partial charge in [-0.3, -0.25) is 0 Å². The van der Waals surface area contributed by atoms with E-state index in [0.29, 0.717) is 25.1 Å². The Balaban J connectivity index is 2.15. The third-order valence-electron chi connectivity index (χ3n) is 2.35. The van der Waals surface area contributed by atoms with Crippen LogP contribution < -0.4 is 16.6 Å². The Morgan fingerprint density at radius 1 is 1.24 bits per heavy atom. The molecule has 6 heteroatoms. The summed E-state index contributed by atoms with van der Waals surface area (Å²) in [4.78, 5) is 0. The highest BCUT2D eigenvalue weighted by Crippen LogP contribution is 2.20. The Labute approximate surface area is 100 Å². The molecule has 0 fully saturated rings. The minimum atomic E-state index is -1.47. The molecule has 0 aliphatic rings. The highest BCUT2D eigenvalue weighted by Gasteiger charge is 2.09. The van der Waals surface area contributed by atoms with E-state index in [1.165, 1.54) is 0 Å². The molecule has 0 aromatic heterocycles. The molecule has 0 heterocycles. The molecule has 0 radical (unpaired) electrons. The summed E-state index contributed by atoms with van der Waals surface area (Å²) in [6, 6.07) is 6.25. The minimum Gasteiger partial charge on any atom is -0.506 e. The van der Waals surface area contributed by atoms with Crippen molar-refractivity contribution in [3.05, 3.63) is 24.3 Å². The Morgan fingerprint density at radius 3 is 2.59 bits per heavy atom. The summed E-state index contributed by atoms with van der Waals surface area (Å²) >= 11 is 0. The molecule has 1 atom stereocenters. The molecule has 1 aromatic rings. The largest absolute Gasteiger partial charge is 0.506 e. The lowest BCUT2D eigenvalue weighted by Crippen LogP contribution is -2.35. The van der Waals surface area contributed by atoms with E-state index in [4.69, 9.17) is 15.9 Å². The van der Waals surface area contributed by atoms with Gasteiger partial charge in [0.05, 0.1) is 11.7 Å². The Hall–Kier alpha value is -1.34. The zero-order valence-corrected chi connectivity index (χ0v) is 9.50. The van der Waals surface area contributed by atoms with Gasteiger partial charge in [0.15, 0.2) is 6.29 Å². The second kappa shape index (κ2) is 7.08. The van der Waals surface area contributed by atoms with Gasteiger partial charge in [0.25, 0.3) is 0 Å². The minimum absolute atomic E-state index is 0.169. The van der Waals surface area contributed by atoms with E-state index in [1.54, 1.807) is 18.2 Å². The SMILES string of the molecule is NC(CCCNNc1ccccc1O)C(O)O. The first kappa shape index (κ1) is 13.7. The smallest absolute Gasteiger partial charge is 0.166 e. The van der Waals surface area contributed by atoms with E-state index in [1.807, 2.05) is 6.07 Å². The van der Waals surface area contributed by atoms with Gasteiger partial charge >= 0.3 is 0 Å². The van der Waals surface area contributed by atoms with Gasteiger partial charge in [0.2, 0.25) is 0 Å². The van der Waals surface area contributed by atoms with Gasteiger partial charge in [-0.2, -0.15) is 0 Å². The number of hydrogen-bond acceptors (Lipinski definition) is 6. The van der Waals surface area contributed by atoms with Crippen molar-refractivity contribution in [2.45, 2.75) is 25.2 Å². The number of phenols is 1. The summed E-state index contributed by atoms with van der Waals surface area (Å²) in [7, 11) is 0. The van der Waals surface area contributed by atoms with Crippen molar-refractivity contribution in [2.24, 2.45) is 5.73 Å². The zero-order chi connectivity index (χ0) is 12.7. The fourth-order valence-corrected chi connectivity index (χ4v) is 1.31. The molecule has 1 unspecified atom stereocenters. The van der Waals surface area contributed by atoms with Crippen LogP contribution in [0.4, 0.5) is 5.69 Å². The van der Waals surface area contributed by atoms with Gasteiger partial charge in [0, 0.05) is 6.54 Å². The zero-order valence-electron chi connectivity index (χ0n) is 9.50. The van der Waals surface area contributed by atoms with Crippen LogP contribution in [0.5, 0.6) is 5.75 Å². The van der Waals surface area contributed by atoms with Gasteiger partial charge in [-0.1, -0.05) is 12.1 Å². The van der Waals surface area contributed by atoms with Crippen molar-refractivity contribution in [3.8, 4) is 5.75 Å². The molecule has 96 valence electrons. The molecule has 0 aliphatic heterocycles. The lowest BCUT2D eigenvalue weighted by molar-refractivity contribution is -0.0598. The van der Waals surface area contributed by atoms with E-state index in [2.05, 4.69) is 10.9 Å². The number of hydrogen-bond donors (Lipinski definition) is 6. The normalized spacial score (nSPS) is 12.7. The lowest BCUT2D eigenvalue weighted by Gasteiger charge is -2.14. The molecule has 0 spiro atoms. The average Bonchev–Trinajstić information content (AvgIpc) is 2.30. The summed E-state index contributed by atoms with van der Waals surface area (Å²) in [6.45, 7) is 0.606. The van der Waals surface area contributed by atoms with E-state index in [-0.39, 0.29) is 5.75 Å². The average molecular weight is 241 g/mol. The summed E-state index contributed by atoms with van der Waals surface area (Å²) in [5.41, 5.74) is 11.8. The number of anilines is 1. The highest BCUT2D eigenvalue weighted by atomic mass is 16.5. The number of nitrogens with two attached hydrogens (primary N) is 1. The van der Waals surface area contributed by atoms with Gasteiger partial charge < -0.3 is 26.5 Å². The summed E-state index contributed by atoms with van der Waals surface area (Å²) < 4.78 is 0. The molecule has 0 aliphatic carbocycles. The van der Waals surface area contributed by atoms with Crippen molar-refractivity contribution >= 4 is 5.69 Å². The van der Waals surface area contributed by atoms with E-state index >= 15 is 0 Å². The lowest BCUT2D eigenvalue weighted by atomic mass is 10.1. The first-order valence-electron chi connectivity index (χ1n) is 5.50. The molecular weight excluding hydrogens is 222 g/mol. The standard InChI is InChI=1S/C11H19N3O3/c12-8(11(16)17)4-3-7-13-14-9-5-1-2-6-10(9)15/h1-2,5-6,8,11,13-17H,3-4,7,12H2. The second-order valence-corrected chi connectivity index (χ2v) is 3.79. The molecule has 1 rings (SSSR count). The van der Waals surface area contributed by atoms with Crippen LogP contribution in [0.25, 0.3) is 0 Å². The van der Waals surface area contributed by atoms with Crippen molar-refractivity contribution in [2.75, 3.05) is 12.0 Å². The van der Waals surface area contributed by atoms with Crippen LogP contribution in [0, 0.1) is 0 Å².